The number of rotatable bonds is 8. The predicted octanol–water partition coefficient (Wildman–Crippen LogP) is 11.5. The normalized spacial score (nSPS) is 11.5. The highest BCUT2D eigenvalue weighted by atomic mass is 16.1. The molecule has 0 saturated carbocycles. The predicted molar refractivity (Wildman–Crippen MR) is 211 cm³/mol. The van der Waals surface area contributed by atoms with E-state index in [-0.39, 0.29) is 11.8 Å². The number of para-hydroxylation sites is 3. The van der Waals surface area contributed by atoms with Gasteiger partial charge in [0.2, 0.25) is 0 Å². The molecule has 0 saturated heterocycles. The van der Waals surface area contributed by atoms with Crippen LogP contribution in [0.2, 0.25) is 0 Å². The molecule has 2 heterocycles. The summed E-state index contributed by atoms with van der Waals surface area (Å²) in [6.07, 6.45) is 0.594. The van der Waals surface area contributed by atoms with Gasteiger partial charge in [-0.15, -0.1) is 0 Å². The summed E-state index contributed by atoms with van der Waals surface area (Å²) >= 11 is 0. The van der Waals surface area contributed by atoms with Crippen molar-refractivity contribution in [2.45, 2.75) is 12.3 Å². The average molecular weight is 658 g/mol. The first kappa shape index (κ1) is 30.4. The van der Waals surface area contributed by atoms with E-state index >= 15 is 0 Å². The number of nitrogens with one attached hydrogen (secondary N) is 3. The van der Waals surface area contributed by atoms with Gasteiger partial charge >= 0.3 is 0 Å². The Labute approximate surface area is 296 Å². The van der Waals surface area contributed by atoms with Crippen LogP contribution in [0.5, 0.6) is 0 Å². The molecule has 244 valence electrons. The molecule has 0 unspecified atom stereocenters. The van der Waals surface area contributed by atoms with E-state index in [1.165, 1.54) is 27.6 Å². The highest BCUT2D eigenvalue weighted by Gasteiger charge is 2.28. The van der Waals surface area contributed by atoms with Gasteiger partial charge in [0, 0.05) is 67.9 Å². The van der Waals surface area contributed by atoms with Crippen LogP contribution in [0, 0.1) is 0 Å². The number of fused-ring (bicyclic) bond motifs is 3. The largest absolute Gasteiger partial charge is 0.358 e. The number of aromatic nitrogens is 2. The van der Waals surface area contributed by atoms with Crippen molar-refractivity contribution in [3.8, 4) is 11.1 Å². The summed E-state index contributed by atoms with van der Waals surface area (Å²) in [5, 5.41) is 7.58. The number of anilines is 1. The molecule has 0 bridgehead atoms. The summed E-state index contributed by atoms with van der Waals surface area (Å²) in [5.74, 6) is -0.146. The maximum atomic E-state index is 13.8. The Bertz CT molecular complexity index is 2620. The minimum absolute atomic E-state index is 0.0245. The SMILES string of the molecule is O=C(Nc1ccccc1Cc1[nH]c2ccccc2c1-c1c(C(c2ccccc2)c2ccccc2)[nH]c2ccccc12)c1cccc2ccccc12. The molecule has 4 nitrogen and oxygen atoms in total. The topological polar surface area (TPSA) is 60.7 Å². The monoisotopic (exact) mass is 657 g/mol. The summed E-state index contributed by atoms with van der Waals surface area (Å²) in [4.78, 5) is 21.6. The first-order valence-electron chi connectivity index (χ1n) is 17.4. The van der Waals surface area contributed by atoms with Crippen LogP contribution < -0.4 is 5.32 Å². The van der Waals surface area contributed by atoms with Gasteiger partial charge in [-0.05, 0) is 51.7 Å². The van der Waals surface area contributed by atoms with E-state index in [4.69, 9.17) is 0 Å². The zero-order chi connectivity index (χ0) is 34.1. The van der Waals surface area contributed by atoms with E-state index < -0.39 is 0 Å². The van der Waals surface area contributed by atoms with Gasteiger partial charge < -0.3 is 15.3 Å². The third kappa shape index (κ3) is 5.57. The van der Waals surface area contributed by atoms with E-state index in [0.29, 0.717) is 12.0 Å². The molecule has 0 aliphatic carbocycles. The van der Waals surface area contributed by atoms with Crippen molar-refractivity contribution in [3.63, 3.8) is 0 Å². The molecule has 0 aliphatic heterocycles. The lowest BCUT2D eigenvalue weighted by Gasteiger charge is -2.20. The van der Waals surface area contributed by atoms with Crippen LogP contribution in [0.3, 0.4) is 0 Å². The van der Waals surface area contributed by atoms with Crippen LogP contribution in [0.1, 0.15) is 44.4 Å². The number of benzene rings is 7. The second-order valence-electron chi connectivity index (χ2n) is 13.1. The Balaban J connectivity index is 1.21. The number of hydrogen-bond donors (Lipinski definition) is 3. The zero-order valence-electron chi connectivity index (χ0n) is 27.9. The lowest BCUT2D eigenvalue weighted by Crippen LogP contribution is -2.14. The molecule has 9 aromatic rings. The van der Waals surface area contributed by atoms with Crippen molar-refractivity contribution in [3.05, 3.63) is 210 Å². The molecule has 9 rings (SSSR count). The van der Waals surface area contributed by atoms with Crippen molar-refractivity contribution in [2.24, 2.45) is 0 Å². The molecule has 1 amide bonds. The van der Waals surface area contributed by atoms with Gasteiger partial charge in [-0.25, -0.2) is 0 Å². The second kappa shape index (κ2) is 13.0. The lowest BCUT2D eigenvalue weighted by atomic mass is 9.84. The first-order chi connectivity index (χ1) is 25.2. The smallest absolute Gasteiger partial charge is 0.256 e. The number of H-pyrrole nitrogens is 2. The highest BCUT2D eigenvalue weighted by molar-refractivity contribution is 6.13. The maximum absolute atomic E-state index is 13.8. The van der Waals surface area contributed by atoms with E-state index in [9.17, 15) is 4.79 Å². The van der Waals surface area contributed by atoms with Crippen molar-refractivity contribution < 1.29 is 4.79 Å². The number of aromatic amines is 2. The molecular weight excluding hydrogens is 623 g/mol. The third-order valence-corrected chi connectivity index (χ3v) is 9.99. The minimum Gasteiger partial charge on any atom is -0.358 e. The number of hydrogen-bond acceptors (Lipinski definition) is 1. The zero-order valence-corrected chi connectivity index (χ0v) is 27.9. The molecule has 0 fully saturated rings. The van der Waals surface area contributed by atoms with Crippen molar-refractivity contribution >= 4 is 44.2 Å². The summed E-state index contributed by atoms with van der Waals surface area (Å²) in [6.45, 7) is 0. The molecule has 4 heteroatoms. The van der Waals surface area contributed by atoms with Crippen LogP contribution >= 0.6 is 0 Å². The Morgan fingerprint density at radius 2 is 1.06 bits per heavy atom. The van der Waals surface area contributed by atoms with Crippen LogP contribution in [-0.2, 0) is 6.42 Å². The highest BCUT2D eigenvalue weighted by Crippen LogP contribution is 2.46. The number of carbonyl (C=O) groups excluding carboxylic acids is 1. The summed E-state index contributed by atoms with van der Waals surface area (Å²) < 4.78 is 0. The van der Waals surface area contributed by atoms with Crippen LogP contribution in [0.25, 0.3) is 43.7 Å². The molecule has 3 N–H and O–H groups in total. The molecule has 0 radical (unpaired) electrons. The Hall–Kier alpha value is -6.65. The van der Waals surface area contributed by atoms with Gasteiger partial charge in [-0.3, -0.25) is 4.79 Å². The number of carbonyl (C=O) groups is 1. The molecule has 0 aliphatic rings. The van der Waals surface area contributed by atoms with Gasteiger partial charge in [0.25, 0.3) is 5.91 Å². The summed E-state index contributed by atoms with van der Waals surface area (Å²) in [6, 6.07) is 60.7. The summed E-state index contributed by atoms with van der Waals surface area (Å²) in [7, 11) is 0. The molecule has 7 aromatic carbocycles. The van der Waals surface area contributed by atoms with Gasteiger partial charge in [0.1, 0.15) is 0 Å². The molecule has 51 heavy (non-hydrogen) atoms. The lowest BCUT2D eigenvalue weighted by molar-refractivity contribution is 0.102. The molecule has 0 spiro atoms. The van der Waals surface area contributed by atoms with Gasteiger partial charge in [0.15, 0.2) is 0 Å². The maximum Gasteiger partial charge on any atom is 0.256 e. The van der Waals surface area contributed by atoms with Crippen LogP contribution in [-0.4, -0.2) is 15.9 Å². The molecule has 2 aromatic heterocycles. The fourth-order valence-electron chi connectivity index (χ4n) is 7.68. The van der Waals surface area contributed by atoms with E-state index in [1.54, 1.807) is 0 Å². The van der Waals surface area contributed by atoms with E-state index in [1.807, 2.05) is 60.7 Å². The van der Waals surface area contributed by atoms with E-state index in [0.717, 1.165) is 49.8 Å². The Morgan fingerprint density at radius 1 is 0.510 bits per heavy atom. The summed E-state index contributed by atoms with van der Waals surface area (Å²) in [5.41, 5.74) is 11.7. The van der Waals surface area contributed by atoms with Crippen molar-refractivity contribution in [1.82, 2.24) is 9.97 Å². The third-order valence-electron chi connectivity index (χ3n) is 9.99. The van der Waals surface area contributed by atoms with Crippen molar-refractivity contribution in [2.75, 3.05) is 5.32 Å². The average Bonchev–Trinajstić information content (AvgIpc) is 3.73. The quantitative estimate of drug-likeness (QED) is 0.150. The molecule has 0 atom stereocenters. The minimum atomic E-state index is -0.122. The number of amides is 1. The Morgan fingerprint density at radius 3 is 1.78 bits per heavy atom. The van der Waals surface area contributed by atoms with Crippen LogP contribution in [0.4, 0.5) is 5.69 Å². The molecular formula is C47H35N3O. The first-order valence-corrected chi connectivity index (χ1v) is 17.4. The fourth-order valence-corrected chi connectivity index (χ4v) is 7.68. The van der Waals surface area contributed by atoms with E-state index in [2.05, 4.69) is 131 Å². The second-order valence-corrected chi connectivity index (χ2v) is 13.1. The standard InChI is InChI=1S/C47H35N3O/c51-47(36-26-15-22-31-16-7-9-23-35(31)36)50-39-27-12-8-21-34(39)30-42-44(37-24-10-13-28-40(37)48-42)45-38-25-11-14-29-41(38)49-46(45)43(32-17-3-1-4-18-32)33-19-5-2-6-20-33/h1-29,43,48-49H,30H2,(H,50,51). The Kier molecular flexibility index (Phi) is 7.75. The van der Waals surface area contributed by atoms with Gasteiger partial charge in [-0.1, -0.05) is 152 Å². The van der Waals surface area contributed by atoms with Crippen LogP contribution in [0.15, 0.2) is 176 Å². The van der Waals surface area contributed by atoms with Crippen molar-refractivity contribution in [1.29, 1.82) is 0 Å². The van der Waals surface area contributed by atoms with Gasteiger partial charge in [-0.2, -0.15) is 0 Å². The van der Waals surface area contributed by atoms with Gasteiger partial charge in [0.05, 0.1) is 0 Å². The fraction of sp³-hybridized carbons (Fsp3) is 0.0426.